The molecule has 0 saturated heterocycles. The summed E-state index contributed by atoms with van der Waals surface area (Å²) in [6, 6.07) is 9.91. The van der Waals surface area contributed by atoms with Crippen LogP contribution in [-0.4, -0.2) is 23.3 Å². The lowest BCUT2D eigenvalue weighted by Gasteiger charge is -2.12. The average molecular weight is 241 g/mol. The lowest BCUT2D eigenvalue weighted by molar-refractivity contribution is 0.272. The maximum atomic E-state index is 9.62. The summed E-state index contributed by atoms with van der Waals surface area (Å²) < 4.78 is 5.40. The van der Waals surface area contributed by atoms with E-state index in [0.717, 1.165) is 28.9 Å². The molecule has 1 fully saturated rings. The molecule has 0 spiro atoms. The van der Waals surface area contributed by atoms with Crippen molar-refractivity contribution < 1.29 is 9.84 Å². The van der Waals surface area contributed by atoms with Crippen LogP contribution in [0.15, 0.2) is 42.7 Å². The van der Waals surface area contributed by atoms with Gasteiger partial charge < -0.3 is 9.84 Å². The lowest BCUT2D eigenvalue weighted by atomic mass is 9.98. The van der Waals surface area contributed by atoms with Crippen molar-refractivity contribution in [3.05, 3.63) is 48.3 Å². The zero-order valence-electron chi connectivity index (χ0n) is 10.2. The van der Waals surface area contributed by atoms with Crippen LogP contribution in [-0.2, 0) is 0 Å². The fraction of sp³-hybridized carbons (Fsp3) is 0.267. The minimum atomic E-state index is -0.220. The number of aromatic nitrogens is 1. The molecule has 3 nitrogen and oxygen atoms in total. The second-order valence-corrected chi connectivity index (χ2v) is 4.57. The predicted molar refractivity (Wildman–Crippen MR) is 69.6 cm³/mol. The van der Waals surface area contributed by atoms with Gasteiger partial charge in [-0.2, -0.15) is 0 Å². The molecule has 3 rings (SSSR count). The van der Waals surface area contributed by atoms with Crippen molar-refractivity contribution >= 4 is 0 Å². The molecule has 1 aromatic heterocycles. The van der Waals surface area contributed by atoms with Crippen molar-refractivity contribution in [1.29, 1.82) is 0 Å². The Kier molecular flexibility index (Phi) is 2.76. The molecule has 3 heteroatoms. The molecule has 2 aromatic rings. The van der Waals surface area contributed by atoms with Crippen LogP contribution in [0.2, 0.25) is 0 Å². The van der Waals surface area contributed by atoms with Crippen LogP contribution in [0, 0.1) is 0 Å². The lowest BCUT2D eigenvalue weighted by Crippen LogP contribution is -1.94. The quantitative estimate of drug-likeness (QED) is 0.898. The third-order valence-corrected chi connectivity index (χ3v) is 3.41. The van der Waals surface area contributed by atoms with Crippen LogP contribution in [0.25, 0.3) is 11.1 Å². The normalized spacial score (nSPS) is 21.7. The zero-order chi connectivity index (χ0) is 12.5. The van der Waals surface area contributed by atoms with Gasteiger partial charge in [-0.3, -0.25) is 4.98 Å². The van der Waals surface area contributed by atoms with Crippen molar-refractivity contribution in [3.8, 4) is 16.9 Å². The van der Waals surface area contributed by atoms with E-state index in [-0.39, 0.29) is 12.0 Å². The summed E-state index contributed by atoms with van der Waals surface area (Å²) in [5.41, 5.74) is 3.26. The Balaban J connectivity index is 2.11. The number of nitrogens with zero attached hydrogens (tertiary/aromatic N) is 1. The Hall–Kier alpha value is -1.87. The Bertz CT molecular complexity index is 568. The zero-order valence-corrected chi connectivity index (χ0v) is 10.2. The highest BCUT2D eigenvalue weighted by molar-refractivity contribution is 5.74. The van der Waals surface area contributed by atoms with E-state index in [1.807, 2.05) is 36.5 Å². The van der Waals surface area contributed by atoms with Crippen molar-refractivity contribution in [2.24, 2.45) is 0 Å². The minimum Gasteiger partial charge on any atom is -0.496 e. The summed E-state index contributed by atoms with van der Waals surface area (Å²) in [5.74, 6) is 1.07. The largest absolute Gasteiger partial charge is 0.496 e. The fourth-order valence-corrected chi connectivity index (χ4v) is 2.33. The summed E-state index contributed by atoms with van der Waals surface area (Å²) in [6.45, 7) is 0. The highest BCUT2D eigenvalue weighted by Gasteiger charge is 2.38. The number of methoxy groups -OCH3 is 1. The first-order chi connectivity index (χ1) is 8.81. The summed E-state index contributed by atoms with van der Waals surface area (Å²) in [4.78, 5) is 4.17. The highest BCUT2D eigenvalue weighted by Crippen LogP contribution is 2.45. The number of rotatable bonds is 3. The second kappa shape index (κ2) is 4.42. The number of para-hydroxylation sites is 1. The van der Waals surface area contributed by atoms with Gasteiger partial charge in [-0.05, 0) is 29.7 Å². The fourth-order valence-electron chi connectivity index (χ4n) is 2.33. The van der Waals surface area contributed by atoms with Crippen molar-refractivity contribution in [2.45, 2.75) is 18.4 Å². The molecule has 1 aliphatic rings. The molecule has 2 unspecified atom stereocenters. The molecular formula is C15H15NO2. The van der Waals surface area contributed by atoms with Crippen LogP contribution >= 0.6 is 0 Å². The van der Waals surface area contributed by atoms with Crippen molar-refractivity contribution in [3.63, 3.8) is 0 Å². The Labute approximate surface area is 106 Å². The Morgan fingerprint density at radius 2 is 2.00 bits per heavy atom. The standard InChI is InChI=1S/C15H15NO2/c1-18-15-5-3-2-4-11(15)10-6-7-16-9-13(10)12-8-14(12)17/h2-7,9,12,14,17H,8H2,1H3. The number of ether oxygens (including phenoxy) is 1. The minimum absolute atomic E-state index is 0.220. The van der Waals surface area contributed by atoms with E-state index >= 15 is 0 Å². The number of aliphatic hydroxyl groups is 1. The predicted octanol–water partition coefficient (Wildman–Crippen LogP) is 2.61. The van der Waals surface area contributed by atoms with Gasteiger partial charge in [-0.1, -0.05) is 18.2 Å². The molecule has 0 aliphatic heterocycles. The molecule has 92 valence electrons. The van der Waals surface area contributed by atoms with Crippen molar-refractivity contribution in [1.82, 2.24) is 4.98 Å². The van der Waals surface area contributed by atoms with E-state index in [0.29, 0.717) is 0 Å². The van der Waals surface area contributed by atoms with Crippen LogP contribution < -0.4 is 4.74 Å². The summed E-state index contributed by atoms with van der Waals surface area (Å²) in [6.07, 6.45) is 4.24. The second-order valence-electron chi connectivity index (χ2n) is 4.57. The monoisotopic (exact) mass is 241 g/mol. The van der Waals surface area contributed by atoms with Gasteiger partial charge in [0.25, 0.3) is 0 Å². The van der Waals surface area contributed by atoms with Gasteiger partial charge >= 0.3 is 0 Å². The summed E-state index contributed by atoms with van der Waals surface area (Å²) in [7, 11) is 1.67. The smallest absolute Gasteiger partial charge is 0.126 e. The van der Waals surface area contributed by atoms with Crippen LogP contribution in [0.3, 0.4) is 0 Å². The van der Waals surface area contributed by atoms with Gasteiger partial charge in [-0.15, -0.1) is 0 Å². The first-order valence-corrected chi connectivity index (χ1v) is 6.06. The number of hydrogen-bond donors (Lipinski definition) is 1. The third-order valence-electron chi connectivity index (χ3n) is 3.41. The van der Waals surface area contributed by atoms with Gasteiger partial charge in [0.2, 0.25) is 0 Å². The number of hydrogen-bond acceptors (Lipinski definition) is 3. The van der Waals surface area contributed by atoms with E-state index in [2.05, 4.69) is 4.98 Å². The van der Waals surface area contributed by atoms with Crippen LogP contribution in [0.4, 0.5) is 0 Å². The molecule has 0 amide bonds. The molecule has 1 heterocycles. The topological polar surface area (TPSA) is 42.4 Å². The number of benzene rings is 1. The van der Waals surface area contributed by atoms with Gasteiger partial charge in [0.1, 0.15) is 5.75 Å². The number of pyridine rings is 1. The molecular weight excluding hydrogens is 226 g/mol. The SMILES string of the molecule is COc1ccccc1-c1ccncc1C1CC1O. The van der Waals surface area contributed by atoms with Gasteiger partial charge in [0.15, 0.2) is 0 Å². The Morgan fingerprint density at radius 3 is 2.72 bits per heavy atom. The van der Waals surface area contributed by atoms with Crippen molar-refractivity contribution in [2.75, 3.05) is 7.11 Å². The van der Waals surface area contributed by atoms with Gasteiger partial charge in [0, 0.05) is 23.9 Å². The molecule has 1 saturated carbocycles. The summed E-state index contributed by atoms with van der Waals surface area (Å²) in [5, 5.41) is 9.62. The maximum absolute atomic E-state index is 9.62. The molecule has 18 heavy (non-hydrogen) atoms. The first kappa shape index (κ1) is 11.2. The average Bonchev–Trinajstić information content (AvgIpc) is 3.16. The van der Waals surface area contributed by atoms with E-state index < -0.39 is 0 Å². The third kappa shape index (κ3) is 1.87. The maximum Gasteiger partial charge on any atom is 0.126 e. The van der Waals surface area contributed by atoms with Gasteiger partial charge in [0.05, 0.1) is 13.2 Å². The highest BCUT2D eigenvalue weighted by atomic mass is 16.5. The van der Waals surface area contributed by atoms with E-state index in [4.69, 9.17) is 4.74 Å². The molecule has 1 aliphatic carbocycles. The first-order valence-electron chi connectivity index (χ1n) is 6.06. The molecule has 2 atom stereocenters. The number of aliphatic hydroxyl groups excluding tert-OH is 1. The van der Waals surface area contributed by atoms with Crippen LogP contribution in [0.5, 0.6) is 5.75 Å². The van der Waals surface area contributed by atoms with E-state index in [1.54, 1.807) is 13.3 Å². The van der Waals surface area contributed by atoms with E-state index in [1.165, 1.54) is 0 Å². The molecule has 0 bridgehead atoms. The molecule has 1 N–H and O–H groups in total. The van der Waals surface area contributed by atoms with E-state index in [9.17, 15) is 5.11 Å². The molecule has 0 radical (unpaired) electrons. The molecule has 1 aromatic carbocycles. The van der Waals surface area contributed by atoms with Crippen LogP contribution in [0.1, 0.15) is 17.9 Å². The van der Waals surface area contributed by atoms with Gasteiger partial charge in [-0.25, -0.2) is 0 Å². The Morgan fingerprint density at radius 1 is 1.22 bits per heavy atom. The summed E-state index contributed by atoms with van der Waals surface area (Å²) >= 11 is 0.